The van der Waals surface area contributed by atoms with Crippen LogP contribution in [0.2, 0.25) is 0 Å². The van der Waals surface area contributed by atoms with Gasteiger partial charge in [0, 0.05) is 5.92 Å². The summed E-state index contributed by atoms with van der Waals surface area (Å²) in [5, 5.41) is 18.5. The van der Waals surface area contributed by atoms with Crippen LogP contribution in [0.1, 0.15) is 70.9 Å². The monoisotopic (exact) mass is 417 g/mol. The van der Waals surface area contributed by atoms with Crippen LogP contribution in [0, 0.1) is 47.8 Å². The molecule has 5 rings (SSSR count). The van der Waals surface area contributed by atoms with Crippen molar-refractivity contribution in [3.63, 3.8) is 0 Å². The Morgan fingerprint density at radius 3 is 2.63 bits per heavy atom. The van der Waals surface area contributed by atoms with Crippen LogP contribution in [0.4, 0.5) is 4.39 Å². The van der Waals surface area contributed by atoms with E-state index in [1.54, 1.807) is 10.9 Å². The summed E-state index contributed by atoms with van der Waals surface area (Å²) < 4.78 is 17.1. The van der Waals surface area contributed by atoms with Crippen LogP contribution in [0.25, 0.3) is 0 Å². The summed E-state index contributed by atoms with van der Waals surface area (Å²) >= 11 is 0. The molecule has 4 aliphatic carbocycles. The van der Waals surface area contributed by atoms with E-state index >= 15 is 4.39 Å². The number of hydrogen-bond donors (Lipinski definition) is 1. The second kappa shape index (κ2) is 7.11. The summed E-state index contributed by atoms with van der Waals surface area (Å²) in [5.41, 5.74) is 0.198. The lowest BCUT2D eigenvalue weighted by atomic mass is 9.48. The van der Waals surface area contributed by atoms with E-state index < -0.39 is 11.8 Å². The maximum atomic E-state index is 15.4. The molecule has 1 N–H and O–H groups in total. The summed E-state index contributed by atoms with van der Waals surface area (Å²) in [4.78, 5) is 13.3. The van der Waals surface area contributed by atoms with E-state index in [4.69, 9.17) is 0 Å². The fourth-order valence-electron chi connectivity index (χ4n) is 8.25. The Kier molecular flexibility index (Phi) is 4.88. The zero-order valence-electron chi connectivity index (χ0n) is 18.6. The summed E-state index contributed by atoms with van der Waals surface area (Å²) in [6.07, 6.45) is 8.04. The van der Waals surface area contributed by atoms with Crippen molar-refractivity contribution in [2.24, 2.45) is 40.9 Å². The third kappa shape index (κ3) is 3.16. The number of ketones is 1. The van der Waals surface area contributed by atoms with Crippen LogP contribution < -0.4 is 0 Å². The van der Waals surface area contributed by atoms with E-state index in [0.717, 1.165) is 44.2 Å². The van der Waals surface area contributed by atoms with Crippen molar-refractivity contribution in [3.8, 4) is 0 Å². The van der Waals surface area contributed by atoms with Crippen LogP contribution in [0.5, 0.6) is 0 Å². The second-order valence-electron chi connectivity index (χ2n) is 11.4. The van der Waals surface area contributed by atoms with E-state index in [-0.39, 0.29) is 23.0 Å². The number of halogens is 1. The largest absolute Gasteiger partial charge is 0.390 e. The number of hydrogen-bond acceptors (Lipinski definition) is 4. The van der Waals surface area contributed by atoms with Gasteiger partial charge in [0.25, 0.3) is 0 Å². The quantitative estimate of drug-likeness (QED) is 0.803. The van der Waals surface area contributed by atoms with Crippen molar-refractivity contribution in [1.82, 2.24) is 15.0 Å². The molecule has 166 valence electrons. The first kappa shape index (κ1) is 20.6. The highest BCUT2D eigenvalue weighted by Gasteiger charge is 2.60. The predicted molar refractivity (Wildman–Crippen MR) is 111 cm³/mol. The number of Topliss-reactive ketones (excluding diaryl/α,β-unsaturated/α-hetero) is 1. The average molecular weight is 418 g/mol. The highest BCUT2D eigenvalue weighted by molar-refractivity contribution is 5.82. The fraction of sp³-hybridized carbons (Fsp3) is 0.875. The molecule has 6 heteroatoms. The minimum absolute atomic E-state index is 0.0144. The average Bonchev–Trinajstić information content (AvgIpc) is 3.24. The first-order valence-corrected chi connectivity index (χ1v) is 11.9. The van der Waals surface area contributed by atoms with E-state index in [0.29, 0.717) is 43.1 Å². The molecule has 4 aliphatic rings. The topological polar surface area (TPSA) is 68.0 Å². The Balaban J connectivity index is 1.35. The Hall–Kier alpha value is -1.30. The molecular weight excluding hydrogens is 381 g/mol. The molecule has 1 aromatic rings. The van der Waals surface area contributed by atoms with Gasteiger partial charge in [0.1, 0.15) is 12.7 Å². The molecule has 9 atom stereocenters. The molecule has 4 fully saturated rings. The van der Waals surface area contributed by atoms with Gasteiger partial charge in [-0.3, -0.25) is 4.79 Å². The third-order valence-electron chi connectivity index (χ3n) is 9.75. The maximum Gasteiger partial charge on any atom is 0.157 e. The van der Waals surface area contributed by atoms with E-state index in [1.165, 1.54) is 0 Å². The number of aliphatic hydroxyl groups is 1. The number of rotatable bonds is 3. The maximum absolute atomic E-state index is 15.4. The summed E-state index contributed by atoms with van der Waals surface area (Å²) in [7, 11) is 0. The zero-order valence-corrected chi connectivity index (χ0v) is 18.6. The molecule has 5 nitrogen and oxygen atoms in total. The highest BCUT2D eigenvalue weighted by atomic mass is 19.1. The van der Waals surface area contributed by atoms with Gasteiger partial charge < -0.3 is 5.11 Å². The molecule has 0 radical (unpaired) electrons. The van der Waals surface area contributed by atoms with Crippen molar-refractivity contribution in [1.29, 1.82) is 0 Å². The van der Waals surface area contributed by atoms with Gasteiger partial charge in [0.05, 0.1) is 17.5 Å². The van der Waals surface area contributed by atoms with Crippen LogP contribution in [0.15, 0.2) is 6.20 Å². The minimum atomic E-state index is -0.807. The van der Waals surface area contributed by atoms with Gasteiger partial charge in [-0.15, -0.1) is 5.10 Å². The number of carbonyl (C=O) groups is 1. The first-order chi connectivity index (χ1) is 14.2. The Bertz CT molecular complexity index is 823. The molecule has 0 amide bonds. The second-order valence-corrected chi connectivity index (χ2v) is 11.4. The van der Waals surface area contributed by atoms with Crippen LogP contribution in [-0.4, -0.2) is 37.7 Å². The van der Waals surface area contributed by atoms with Gasteiger partial charge in [-0.05, 0) is 100 Å². The lowest BCUT2D eigenvalue weighted by Crippen LogP contribution is -2.54. The van der Waals surface area contributed by atoms with Gasteiger partial charge in [0.15, 0.2) is 5.78 Å². The normalized spacial score (nSPS) is 48.0. The number of carbonyl (C=O) groups excluding carboxylic acids is 1. The molecule has 1 aromatic heterocycles. The number of nitrogens with zero attached hydrogens (tertiary/aromatic N) is 3. The summed E-state index contributed by atoms with van der Waals surface area (Å²) in [6, 6.07) is 0. The smallest absolute Gasteiger partial charge is 0.157 e. The van der Waals surface area contributed by atoms with Crippen molar-refractivity contribution >= 4 is 5.78 Å². The number of aromatic nitrogens is 3. The van der Waals surface area contributed by atoms with Gasteiger partial charge in [-0.1, -0.05) is 12.1 Å². The third-order valence-corrected chi connectivity index (χ3v) is 9.75. The van der Waals surface area contributed by atoms with Crippen LogP contribution >= 0.6 is 0 Å². The molecule has 0 spiro atoms. The Labute approximate surface area is 178 Å². The zero-order chi connectivity index (χ0) is 21.3. The van der Waals surface area contributed by atoms with Crippen molar-refractivity contribution in [2.45, 2.75) is 90.5 Å². The lowest BCUT2D eigenvalue weighted by molar-refractivity contribution is -0.139. The van der Waals surface area contributed by atoms with Crippen LogP contribution in [0.3, 0.4) is 0 Å². The minimum Gasteiger partial charge on any atom is -0.390 e. The predicted octanol–water partition coefficient (Wildman–Crippen LogP) is 4.12. The van der Waals surface area contributed by atoms with Crippen molar-refractivity contribution < 1.29 is 14.3 Å². The molecule has 1 heterocycles. The molecular formula is C24H36FN3O2. The molecule has 30 heavy (non-hydrogen) atoms. The number of aryl methyl sites for hydroxylation is 1. The summed E-state index contributed by atoms with van der Waals surface area (Å²) in [5.74, 6) is 2.17. The van der Waals surface area contributed by atoms with Gasteiger partial charge in [-0.2, -0.15) is 0 Å². The number of fused-ring (bicyclic) bond motifs is 5. The highest BCUT2D eigenvalue weighted by Crippen LogP contribution is 2.65. The molecule has 0 bridgehead atoms. The fourth-order valence-corrected chi connectivity index (χ4v) is 8.25. The Morgan fingerprint density at radius 1 is 1.17 bits per heavy atom. The van der Waals surface area contributed by atoms with E-state index in [1.807, 2.05) is 13.8 Å². The molecule has 0 unspecified atom stereocenters. The SMILES string of the molecule is Cc1cnnn1CC(=O)[C@H]1CC[C@H]2[C@@H]3C[C@@H](F)[C@H]4C[C@](C)(O)CC[C@@H]4[C@H]3CC[C@]12C. The molecule has 0 aliphatic heterocycles. The first-order valence-electron chi connectivity index (χ1n) is 11.9. The van der Waals surface area contributed by atoms with E-state index in [2.05, 4.69) is 17.2 Å². The molecule has 0 saturated heterocycles. The van der Waals surface area contributed by atoms with Crippen LogP contribution in [-0.2, 0) is 11.3 Å². The number of alkyl halides is 1. The van der Waals surface area contributed by atoms with Gasteiger partial charge in [-0.25, -0.2) is 9.07 Å². The Morgan fingerprint density at radius 2 is 1.90 bits per heavy atom. The van der Waals surface area contributed by atoms with Gasteiger partial charge in [0.2, 0.25) is 0 Å². The van der Waals surface area contributed by atoms with Gasteiger partial charge >= 0.3 is 0 Å². The molecule has 4 saturated carbocycles. The van der Waals surface area contributed by atoms with Crippen molar-refractivity contribution in [2.75, 3.05) is 0 Å². The lowest BCUT2D eigenvalue weighted by Gasteiger charge is -2.57. The summed E-state index contributed by atoms with van der Waals surface area (Å²) in [6.45, 7) is 6.42. The molecule has 0 aromatic carbocycles. The van der Waals surface area contributed by atoms with Crippen molar-refractivity contribution in [3.05, 3.63) is 11.9 Å². The van der Waals surface area contributed by atoms with E-state index in [9.17, 15) is 9.90 Å². The standard InChI is InChI=1S/C24H36FN3O2/c1-14-12-26-27-28(14)13-22(29)20-5-4-19-17-10-21(25)18-11-23(2,30)8-6-16(18)15(17)7-9-24(19,20)3/h12,15-21,30H,4-11,13H2,1-3H3/t15-,16-,17-,18+,19+,20-,21-,23-,24+/m1/s1.